The highest BCUT2D eigenvalue weighted by Gasteiger charge is 2.24. The summed E-state index contributed by atoms with van der Waals surface area (Å²) < 4.78 is 4.48. The Kier molecular flexibility index (Phi) is 6.91. The second kappa shape index (κ2) is 12.6. The van der Waals surface area contributed by atoms with E-state index < -0.39 is 0 Å². The summed E-state index contributed by atoms with van der Waals surface area (Å²) in [5.41, 5.74) is 9.90. The van der Waals surface area contributed by atoms with Gasteiger partial charge in [0.1, 0.15) is 0 Å². The van der Waals surface area contributed by atoms with Gasteiger partial charge >= 0.3 is 0 Å². The molecule has 0 atom stereocenters. The molecule has 0 saturated carbocycles. The number of aromatic nitrogens is 6. The predicted octanol–water partition coefficient (Wildman–Crippen LogP) is 13.4. The summed E-state index contributed by atoms with van der Waals surface area (Å²) in [5.74, 6) is 1.26. The van der Waals surface area contributed by atoms with Crippen molar-refractivity contribution in [1.82, 2.24) is 29.1 Å². The Balaban J connectivity index is 1.11. The van der Waals surface area contributed by atoms with E-state index >= 15 is 0 Å². The van der Waals surface area contributed by atoms with Crippen molar-refractivity contribution in [3.05, 3.63) is 194 Å². The zero-order valence-electron chi connectivity index (χ0n) is 32.2. The van der Waals surface area contributed by atoms with Gasteiger partial charge in [0.25, 0.3) is 0 Å². The van der Waals surface area contributed by atoms with Crippen LogP contribution in [0.15, 0.2) is 194 Å². The molecule has 278 valence electrons. The van der Waals surface area contributed by atoms with E-state index in [9.17, 15) is 0 Å². The Morgan fingerprint density at radius 2 is 0.633 bits per heavy atom. The molecule has 4 aromatic heterocycles. The van der Waals surface area contributed by atoms with Crippen LogP contribution < -0.4 is 0 Å². The summed E-state index contributed by atoms with van der Waals surface area (Å²) in [6.45, 7) is 0. The van der Waals surface area contributed by atoms with Gasteiger partial charge in [0.05, 0.1) is 44.5 Å². The lowest BCUT2D eigenvalue weighted by Crippen LogP contribution is -2.04. The van der Waals surface area contributed by atoms with Crippen LogP contribution in [-0.2, 0) is 0 Å². The van der Waals surface area contributed by atoms with Gasteiger partial charge in [0.2, 0.25) is 11.9 Å². The highest BCUT2D eigenvalue weighted by atomic mass is 15.2. The van der Waals surface area contributed by atoms with E-state index in [1.165, 1.54) is 10.8 Å². The smallest absolute Gasteiger partial charge is 0.235 e. The third-order valence-electron chi connectivity index (χ3n) is 12.1. The van der Waals surface area contributed by atoms with Crippen LogP contribution in [0, 0.1) is 0 Å². The first kappa shape index (κ1) is 32.8. The van der Waals surface area contributed by atoms with Gasteiger partial charge in [-0.2, -0.15) is 0 Å². The molecule has 6 heteroatoms. The van der Waals surface area contributed by atoms with E-state index in [1.54, 1.807) is 0 Å². The summed E-state index contributed by atoms with van der Waals surface area (Å²) in [6.07, 6.45) is 0. The average Bonchev–Trinajstić information content (AvgIpc) is 3.83. The number of benzene rings is 9. The van der Waals surface area contributed by atoms with Gasteiger partial charge in [-0.1, -0.05) is 158 Å². The highest BCUT2D eigenvalue weighted by molar-refractivity contribution is 6.29. The molecule has 13 aromatic rings. The molecule has 0 fully saturated rings. The molecule has 0 N–H and O–H groups in total. The van der Waals surface area contributed by atoms with Crippen LogP contribution in [0.2, 0.25) is 0 Å². The number of hydrogen-bond acceptors (Lipinski definition) is 4. The van der Waals surface area contributed by atoms with Crippen LogP contribution in [0.5, 0.6) is 0 Å². The van der Waals surface area contributed by atoms with E-state index in [1.807, 2.05) is 0 Å². The molecular formula is C54H32N6. The molecule has 0 aliphatic heterocycles. The molecule has 0 aliphatic rings. The zero-order chi connectivity index (χ0) is 39.3. The molecule has 60 heavy (non-hydrogen) atoms. The molecule has 6 nitrogen and oxygen atoms in total. The lowest BCUT2D eigenvalue weighted by Gasteiger charge is -2.14. The SMILES string of the molecule is c1ccc2c(-c3nc(-n4c5ccccc5c5c6c7ccccc7n(-c7nc(-c8cccc9ccccc89)c8ccccc8n7)c6ccc54)nc4ccccc34)cccc2c1. The highest BCUT2D eigenvalue weighted by Crippen LogP contribution is 2.43. The van der Waals surface area contributed by atoms with Crippen molar-refractivity contribution in [3.8, 4) is 34.4 Å². The van der Waals surface area contributed by atoms with Crippen molar-refractivity contribution in [2.75, 3.05) is 0 Å². The Bertz CT molecular complexity index is 3650. The summed E-state index contributed by atoms with van der Waals surface area (Å²) in [6, 6.07) is 68.3. The maximum atomic E-state index is 5.47. The predicted molar refractivity (Wildman–Crippen MR) is 247 cm³/mol. The minimum Gasteiger partial charge on any atom is -0.278 e. The van der Waals surface area contributed by atoms with E-state index in [4.69, 9.17) is 19.9 Å². The first-order valence-corrected chi connectivity index (χ1v) is 20.2. The molecule has 0 radical (unpaired) electrons. The van der Waals surface area contributed by atoms with E-state index in [2.05, 4.69) is 203 Å². The molecule has 13 rings (SSSR count). The van der Waals surface area contributed by atoms with Gasteiger partial charge in [0, 0.05) is 43.4 Å². The van der Waals surface area contributed by atoms with Gasteiger partial charge in [-0.15, -0.1) is 0 Å². The monoisotopic (exact) mass is 764 g/mol. The quantitative estimate of drug-likeness (QED) is 0.179. The molecule has 9 aromatic carbocycles. The molecule has 0 amide bonds. The van der Waals surface area contributed by atoms with Crippen LogP contribution in [0.1, 0.15) is 0 Å². The maximum absolute atomic E-state index is 5.47. The summed E-state index contributed by atoms with van der Waals surface area (Å²) in [4.78, 5) is 21.5. The standard InChI is InChI=1S/C54H32N6/c1-3-19-35-33(15-1)17-13-25-37(35)51-39-21-5-9-27-43(39)55-53(57-51)59-45-29-11-7-23-41(45)49-47(59)31-32-48-50(49)42-24-8-12-30-46(42)60(48)54-56-44-28-10-6-22-40(44)52(58-54)38-26-14-18-34-16-2-4-20-36(34)38/h1-32H. The topological polar surface area (TPSA) is 61.4 Å². The van der Waals surface area contributed by atoms with Crippen LogP contribution in [-0.4, -0.2) is 29.1 Å². The maximum Gasteiger partial charge on any atom is 0.235 e. The van der Waals surface area contributed by atoms with Crippen molar-refractivity contribution in [3.63, 3.8) is 0 Å². The third-order valence-corrected chi connectivity index (χ3v) is 12.1. The van der Waals surface area contributed by atoms with Crippen LogP contribution in [0.25, 0.3) is 121 Å². The Morgan fingerprint density at radius 1 is 0.267 bits per heavy atom. The third kappa shape index (κ3) is 4.70. The Labute approximate surface area is 343 Å². The number of nitrogens with zero attached hydrogens (tertiary/aromatic N) is 6. The molecule has 0 aliphatic carbocycles. The summed E-state index contributed by atoms with van der Waals surface area (Å²) in [5, 5.41) is 11.2. The fourth-order valence-corrected chi connectivity index (χ4v) is 9.55. The summed E-state index contributed by atoms with van der Waals surface area (Å²) in [7, 11) is 0. The normalized spacial score (nSPS) is 12.0. The van der Waals surface area contributed by atoms with E-state index in [0.29, 0.717) is 11.9 Å². The van der Waals surface area contributed by atoms with Crippen molar-refractivity contribution in [2.24, 2.45) is 0 Å². The molecule has 0 unspecified atom stereocenters. The molecular weight excluding hydrogens is 733 g/mol. The molecule has 4 heterocycles. The minimum absolute atomic E-state index is 0.628. The average molecular weight is 765 g/mol. The minimum atomic E-state index is 0.628. The van der Waals surface area contributed by atoms with Crippen molar-refractivity contribution >= 4 is 87.0 Å². The van der Waals surface area contributed by atoms with E-state index in [-0.39, 0.29) is 0 Å². The largest absolute Gasteiger partial charge is 0.278 e. The van der Waals surface area contributed by atoms with E-state index in [0.717, 1.165) is 98.7 Å². The number of rotatable bonds is 4. The summed E-state index contributed by atoms with van der Waals surface area (Å²) >= 11 is 0. The number of fused-ring (bicyclic) bond motifs is 11. The molecule has 0 spiro atoms. The lowest BCUT2D eigenvalue weighted by molar-refractivity contribution is 1.01. The lowest BCUT2D eigenvalue weighted by atomic mass is 9.99. The first-order chi connectivity index (χ1) is 29.8. The fraction of sp³-hybridized carbons (Fsp3) is 0. The van der Waals surface area contributed by atoms with Gasteiger partial charge < -0.3 is 0 Å². The fourth-order valence-electron chi connectivity index (χ4n) is 9.55. The second-order valence-corrected chi connectivity index (χ2v) is 15.4. The van der Waals surface area contributed by atoms with Crippen molar-refractivity contribution in [2.45, 2.75) is 0 Å². The second-order valence-electron chi connectivity index (χ2n) is 15.4. The van der Waals surface area contributed by atoms with Gasteiger partial charge in [0.15, 0.2) is 0 Å². The van der Waals surface area contributed by atoms with Gasteiger partial charge in [-0.3, -0.25) is 9.13 Å². The van der Waals surface area contributed by atoms with Crippen molar-refractivity contribution < 1.29 is 0 Å². The van der Waals surface area contributed by atoms with Crippen LogP contribution >= 0.6 is 0 Å². The molecule has 0 bridgehead atoms. The number of hydrogen-bond donors (Lipinski definition) is 0. The number of para-hydroxylation sites is 4. The zero-order valence-corrected chi connectivity index (χ0v) is 32.2. The van der Waals surface area contributed by atoms with Gasteiger partial charge in [-0.25, -0.2) is 19.9 Å². The Hall–Kier alpha value is -8.22. The van der Waals surface area contributed by atoms with Crippen molar-refractivity contribution in [1.29, 1.82) is 0 Å². The first-order valence-electron chi connectivity index (χ1n) is 20.2. The van der Waals surface area contributed by atoms with Crippen LogP contribution in [0.4, 0.5) is 0 Å². The Morgan fingerprint density at radius 3 is 1.10 bits per heavy atom. The van der Waals surface area contributed by atoms with Crippen LogP contribution in [0.3, 0.4) is 0 Å². The van der Waals surface area contributed by atoms with Gasteiger partial charge in [-0.05, 0) is 57.9 Å². The molecule has 0 saturated heterocycles.